The van der Waals surface area contributed by atoms with Crippen LogP contribution in [0, 0.1) is 17.2 Å². The number of rotatable bonds is 7. The molecule has 0 spiro atoms. The molecule has 1 heterocycles. The summed E-state index contributed by atoms with van der Waals surface area (Å²) in [6.45, 7) is 1.45. The van der Waals surface area contributed by atoms with Gasteiger partial charge in [-0.2, -0.15) is 5.26 Å². The third-order valence-electron chi connectivity index (χ3n) is 5.14. The van der Waals surface area contributed by atoms with Crippen LogP contribution in [0.15, 0.2) is 59.1 Å². The zero-order chi connectivity index (χ0) is 24.8. The van der Waals surface area contributed by atoms with Crippen LogP contribution in [0.3, 0.4) is 0 Å². The molecular weight excluding hydrogens is 478 g/mol. The van der Waals surface area contributed by atoms with Gasteiger partial charge >= 0.3 is 5.97 Å². The fraction of sp³-hybridized carbons (Fsp3) is 0.208. The van der Waals surface area contributed by atoms with Gasteiger partial charge in [-0.25, -0.2) is 0 Å². The molecule has 2 aromatic rings. The number of Topliss-reactive ketones (excluding diaryl/α,β-unsaturated/α-hetero) is 1. The summed E-state index contributed by atoms with van der Waals surface area (Å²) in [6.07, 6.45) is 0. The Bertz CT molecular complexity index is 1200. The number of anilines is 1. The van der Waals surface area contributed by atoms with Crippen molar-refractivity contribution in [2.75, 3.05) is 18.2 Å². The number of carbonyl (C=O) groups is 4. The third kappa shape index (κ3) is 5.65. The molecule has 3 rings (SSSR count). The normalized spacial score (nSPS) is 17.4. The van der Waals surface area contributed by atoms with Crippen molar-refractivity contribution in [2.24, 2.45) is 5.92 Å². The molecule has 0 saturated heterocycles. The maximum absolute atomic E-state index is 12.8. The van der Waals surface area contributed by atoms with Crippen LogP contribution < -0.4 is 10.6 Å². The summed E-state index contributed by atoms with van der Waals surface area (Å²) < 4.78 is 4.80. The molecule has 174 valence electrons. The second-order valence-corrected chi connectivity index (χ2v) is 8.77. The smallest absolute Gasteiger partial charge is 0.319 e. The predicted molar refractivity (Wildman–Crippen MR) is 128 cm³/mol. The van der Waals surface area contributed by atoms with E-state index in [1.165, 1.54) is 14.0 Å². The van der Waals surface area contributed by atoms with Crippen molar-refractivity contribution in [1.82, 2.24) is 5.32 Å². The van der Waals surface area contributed by atoms with Crippen LogP contribution in [0.1, 0.15) is 28.8 Å². The number of nitrogens with one attached hydrogen (secondary N) is 2. The first-order chi connectivity index (χ1) is 16.2. The number of benzene rings is 2. The molecule has 2 aromatic carbocycles. The van der Waals surface area contributed by atoms with Gasteiger partial charge < -0.3 is 15.4 Å². The number of nitriles is 1. The number of methoxy groups -OCH3 is 1. The summed E-state index contributed by atoms with van der Waals surface area (Å²) in [7, 11) is 1.17. The van der Waals surface area contributed by atoms with Gasteiger partial charge in [-0.1, -0.05) is 35.5 Å². The SMILES string of the molecule is COC(=O)[C@@H]1C(=O)NC(SCC(=O)Nc2ccc(C(C)=O)cc2)=C(C#N)[C@@H]1c1ccc(Cl)cc1. The number of hydrogen-bond donors (Lipinski definition) is 2. The molecule has 2 amide bonds. The molecule has 0 aromatic heterocycles. The van der Waals surface area contributed by atoms with Crippen LogP contribution in [0.2, 0.25) is 5.02 Å². The predicted octanol–water partition coefficient (Wildman–Crippen LogP) is 3.65. The molecule has 1 aliphatic rings. The minimum absolute atomic E-state index is 0.0852. The highest BCUT2D eigenvalue weighted by molar-refractivity contribution is 8.03. The lowest BCUT2D eigenvalue weighted by Crippen LogP contribution is -2.44. The van der Waals surface area contributed by atoms with Gasteiger partial charge in [-0.05, 0) is 48.9 Å². The molecule has 34 heavy (non-hydrogen) atoms. The van der Waals surface area contributed by atoms with Crippen molar-refractivity contribution < 1.29 is 23.9 Å². The molecule has 0 bridgehead atoms. The van der Waals surface area contributed by atoms with Gasteiger partial charge in [0.25, 0.3) is 0 Å². The molecule has 1 aliphatic heterocycles. The number of hydrogen-bond acceptors (Lipinski definition) is 7. The summed E-state index contributed by atoms with van der Waals surface area (Å²) in [5.41, 5.74) is 1.71. The summed E-state index contributed by atoms with van der Waals surface area (Å²) in [5, 5.41) is 15.8. The maximum Gasteiger partial charge on any atom is 0.319 e. The van der Waals surface area contributed by atoms with Crippen LogP contribution in [-0.4, -0.2) is 36.4 Å². The summed E-state index contributed by atoms with van der Waals surface area (Å²) in [5.74, 6) is -4.14. The van der Waals surface area contributed by atoms with E-state index in [1.807, 2.05) is 0 Å². The summed E-state index contributed by atoms with van der Waals surface area (Å²) in [6, 6.07) is 15.0. The molecule has 0 fully saturated rings. The molecule has 0 aliphatic carbocycles. The highest BCUT2D eigenvalue weighted by Crippen LogP contribution is 2.40. The minimum atomic E-state index is -1.27. The first kappa shape index (κ1) is 25.0. The standard InChI is InChI=1S/C24H20ClN3O5S/c1-13(29)14-5-9-17(10-6-14)27-19(30)12-34-23-18(11-26)20(15-3-7-16(25)8-4-15)21(22(31)28-23)24(32)33-2/h3-10,20-21H,12H2,1-2H3,(H,27,30)(H,28,31)/t20-,21-/m0/s1. The minimum Gasteiger partial charge on any atom is -0.468 e. The monoisotopic (exact) mass is 497 g/mol. The van der Waals surface area contributed by atoms with E-state index >= 15 is 0 Å². The summed E-state index contributed by atoms with van der Waals surface area (Å²) in [4.78, 5) is 49.0. The zero-order valence-corrected chi connectivity index (χ0v) is 19.8. The number of carbonyl (C=O) groups excluding carboxylic acids is 4. The van der Waals surface area contributed by atoms with E-state index in [2.05, 4.69) is 16.7 Å². The Balaban J connectivity index is 1.83. The average molecular weight is 498 g/mol. The Morgan fingerprint density at radius 3 is 2.35 bits per heavy atom. The first-order valence-corrected chi connectivity index (χ1v) is 11.4. The van der Waals surface area contributed by atoms with Crippen molar-refractivity contribution in [2.45, 2.75) is 12.8 Å². The molecule has 8 nitrogen and oxygen atoms in total. The second kappa shape index (κ2) is 11.0. The fourth-order valence-corrected chi connectivity index (χ4v) is 4.45. The van der Waals surface area contributed by atoms with Crippen LogP contribution in [0.25, 0.3) is 0 Å². The number of halogens is 1. The highest BCUT2D eigenvalue weighted by atomic mass is 35.5. The molecule has 0 unspecified atom stereocenters. The number of amides is 2. The van der Waals surface area contributed by atoms with E-state index in [-0.39, 0.29) is 28.0 Å². The van der Waals surface area contributed by atoms with E-state index in [0.29, 0.717) is 21.8 Å². The number of allylic oxidation sites excluding steroid dienone is 1. The lowest BCUT2D eigenvalue weighted by Gasteiger charge is -2.30. The Morgan fingerprint density at radius 2 is 1.79 bits per heavy atom. The van der Waals surface area contributed by atoms with E-state index in [1.54, 1.807) is 48.5 Å². The van der Waals surface area contributed by atoms with Gasteiger partial charge in [0.05, 0.1) is 29.5 Å². The van der Waals surface area contributed by atoms with Crippen molar-refractivity contribution in [3.8, 4) is 6.07 Å². The Kier molecular flexibility index (Phi) is 8.10. The van der Waals surface area contributed by atoms with Gasteiger partial charge in [-0.3, -0.25) is 19.2 Å². The number of thioether (sulfide) groups is 1. The van der Waals surface area contributed by atoms with E-state index in [4.69, 9.17) is 16.3 Å². The second-order valence-electron chi connectivity index (χ2n) is 7.34. The lowest BCUT2D eigenvalue weighted by molar-refractivity contribution is -0.150. The topological polar surface area (TPSA) is 125 Å². The molecule has 0 saturated carbocycles. The van der Waals surface area contributed by atoms with Crippen LogP contribution in [-0.2, 0) is 19.1 Å². The van der Waals surface area contributed by atoms with Gasteiger partial charge in [0.2, 0.25) is 11.8 Å². The van der Waals surface area contributed by atoms with Crippen molar-refractivity contribution in [3.63, 3.8) is 0 Å². The number of nitrogens with zero attached hydrogens (tertiary/aromatic N) is 1. The van der Waals surface area contributed by atoms with Gasteiger partial charge in [0.15, 0.2) is 5.78 Å². The van der Waals surface area contributed by atoms with Crippen LogP contribution in [0.5, 0.6) is 0 Å². The molecule has 10 heteroatoms. The number of esters is 1. The van der Waals surface area contributed by atoms with Gasteiger partial charge in [-0.15, -0.1) is 0 Å². The van der Waals surface area contributed by atoms with Gasteiger partial charge in [0, 0.05) is 22.2 Å². The van der Waals surface area contributed by atoms with Gasteiger partial charge in [0.1, 0.15) is 5.92 Å². The quantitative estimate of drug-likeness (QED) is 0.339. The summed E-state index contributed by atoms with van der Waals surface area (Å²) >= 11 is 6.94. The number of ketones is 1. The molecule has 2 atom stereocenters. The Hall–Kier alpha value is -3.61. The lowest BCUT2D eigenvalue weighted by atomic mass is 9.78. The fourth-order valence-electron chi connectivity index (χ4n) is 3.47. The average Bonchev–Trinajstić information content (AvgIpc) is 2.82. The maximum atomic E-state index is 12.8. The van der Waals surface area contributed by atoms with E-state index in [0.717, 1.165) is 11.8 Å². The van der Waals surface area contributed by atoms with E-state index in [9.17, 15) is 24.4 Å². The third-order valence-corrected chi connectivity index (χ3v) is 6.40. The molecule has 0 radical (unpaired) electrons. The zero-order valence-electron chi connectivity index (χ0n) is 18.3. The Labute approximate surface area is 205 Å². The van der Waals surface area contributed by atoms with Crippen LogP contribution >= 0.6 is 23.4 Å². The first-order valence-electron chi connectivity index (χ1n) is 10.1. The van der Waals surface area contributed by atoms with Crippen molar-refractivity contribution in [1.29, 1.82) is 5.26 Å². The largest absolute Gasteiger partial charge is 0.468 e. The highest BCUT2D eigenvalue weighted by Gasteiger charge is 2.44. The van der Waals surface area contributed by atoms with Crippen molar-refractivity contribution in [3.05, 3.63) is 75.3 Å². The van der Waals surface area contributed by atoms with Crippen molar-refractivity contribution >= 4 is 52.6 Å². The van der Waals surface area contributed by atoms with Crippen LogP contribution in [0.4, 0.5) is 5.69 Å². The molecule has 2 N–H and O–H groups in total. The molecular formula is C24H20ClN3O5S. The number of ether oxygens (including phenoxy) is 1. The van der Waals surface area contributed by atoms with E-state index < -0.39 is 23.7 Å². The Morgan fingerprint density at radius 1 is 1.15 bits per heavy atom.